The molecule has 0 aromatic carbocycles. The van der Waals surface area contributed by atoms with Crippen LogP contribution in [0.5, 0.6) is 0 Å². The maximum absolute atomic E-state index is 11.4. The van der Waals surface area contributed by atoms with Crippen LogP contribution in [0.3, 0.4) is 0 Å². The third-order valence-electron chi connectivity index (χ3n) is 4.52. The minimum Gasteiger partial charge on any atom is -0.790 e. The first-order valence-electron chi connectivity index (χ1n) is 9.72. The van der Waals surface area contributed by atoms with Crippen LogP contribution >= 0.6 is 15.6 Å². The Kier molecular flexibility index (Phi) is 12.5. The average molecular weight is 580 g/mol. The summed E-state index contributed by atoms with van der Waals surface area (Å²) in [5, 5.41) is 55.1. The minimum absolute atomic E-state index is 0.434. The lowest BCUT2D eigenvalue weighted by atomic mass is 10.0. The number of phosphoric acid groups is 2. The zero-order valence-electron chi connectivity index (χ0n) is 18.2. The van der Waals surface area contributed by atoms with Crippen molar-refractivity contribution < 1.29 is 77.9 Å². The summed E-state index contributed by atoms with van der Waals surface area (Å²) in [6, 6.07) is 1.09. The van der Waals surface area contributed by atoms with Crippen LogP contribution in [0, 0.1) is 0 Å². The summed E-state index contributed by atoms with van der Waals surface area (Å²) < 4.78 is 34.2. The van der Waals surface area contributed by atoms with Crippen molar-refractivity contribution in [1.82, 2.24) is 9.55 Å². The van der Waals surface area contributed by atoms with Crippen LogP contribution < -0.4 is 30.8 Å². The van der Waals surface area contributed by atoms with Crippen molar-refractivity contribution in [2.45, 2.75) is 49.0 Å². The Balaban J connectivity index is 0.000000373. The number of aliphatic hydroxyl groups excluding tert-OH is 6. The van der Waals surface area contributed by atoms with Gasteiger partial charge < -0.3 is 77.9 Å². The monoisotopic (exact) mass is 580 g/mol. The van der Waals surface area contributed by atoms with Crippen LogP contribution in [0.25, 0.3) is 0 Å². The van der Waals surface area contributed by atoms with Gasteiger partial charge >= 0.3 is 5.69 Å². The van der Waals surface area contributed by atoms with Gasteiger partial charge in [-0.25, -0.2) is 4.79 Å². The normalized spacial score (nSPS) is 25.5. The van der Waals surface area contributed by atoms with Crippen molar-refractivity contribution in [1.29, 1.82) is 0 Å². The molecule has 2 heterocycles. The Morgan fingerprint density at radius 2 is 1.65 bits per heavy atom. The number of H-pyrrole nitrogens is 1. The molecule has 0 unspecified atom stereocenters. The predicted molar refractivity (Wildman–Crippen MR) is 104 cm³/mol. The fourth-order valence-corrected chi connectivity index (χ4v) is 3.85. The van der Waals surface area contributed by atoms with Crippen LogP contribution in [0.15, 0.2) is 21.9 Å². The maximum Gasteiger partial charge on any atom is 0.330 e. The molecule has 0 amide bonds. The molecule has 1 aliphatic heterocycles. The van der Waals surface area contributed by atoms with Gasteiger partial charge in [0.1, 0.15) is 42.7 Å². The Hall–Kier alpha value is -1.71. The van der Waals surface area contributed by atoms with Crippen molar-refractivity contribution in [3.05, 3.63) is 33.1 Å². The van der Waals surface area contributed by atoms with E-state index in [0.29, 0.717) is 0 Å². The van der Waals surface area contributed by atoms with E-state index in [1.165, 1.54) is 0 Å². The number of ether oxygens (including phenoxy) is 1. The zero-order valence-corrected chi connectivity index (χ0v) is 20.0. The van der Waals surface area contributed by atoms with Gasteiger partial charge in [0.2, 0.25) is 0 Å². The number of nitrogens with one attached hydrogen (secondary N) is 1. The maximum atomic E-state index is 11.4. The van der Waals surface area contributed by atoms with E-state index in [2.05, 4.69) is 9.05 Å². The van der Waals surface area contributed by atoms with Gasteiger partial charge in [0.05, 0.1) is 28.9 Å². The lowest BCUT2D eigenvalue weighted by molar-refractivity contribution is -0.357. The molecule has 0 spiro atoms. The number of hydrogen-bond donors (Lipinski definition) is 7. The number of rotatable bonds is 11. The highest BCUT2D eigenvalue weighted by atomic mass is 31.2. The van der Waals surface area contributed by atoms with Crippen molar-refractivity contribution in [3.63, 3.8) is 0 Å². The van der Waals surface area contributed by atoms with Crippen molar-refractivity contribution >= 4 is 21.9 Å². The van der Waals surface area contributed by atoms with E-state index in [0.717, 1.165) is 16.8 Å². The minimum atomic E-state index is -5.84. The molecule has 1 fully saturated rings. The molecule has 1 aromatic rings. The molecule has 22 heteroatoms. The van der Waals surface area contributed by atoms with Gasteiger partial charge in [-0.15, -0.1) is 0 Å². The molecule has 1 saturated heterocycles. The van der Waals surface area contributed by atoms with E-state index in [9.17, 15) is 58.4 Å². The number of aliphatic hydroxyl groups is 6. The number of aromatic amines is 1. The van der Waals surface area contributed by atoms with Crippen LogP contribution in [-0.2, 0) is 27.7 Å². The smallest absolute Gasteiger partial charge is 0.330 e. The third-order valence-corrected chi connectivity index (χ3v) is 5.52. The molecule has 0 saturated carbocycles. The van der Waals surface area contributed by atoms with Crippen LogP contribution in [-0.4, -0.2) is 102 Å². The lowest BCUT2D eigenvalue weighted by Crippen LogP contribution is -2.50. The number of nitrogens with zero attached hydrogens (tertiary/aromatic N) is 1. The Morgan fingerprint density at radius 3 is 2.05 bits per heavy atom. The SMILES string of the molecule is O=C[C@H](OP(=O)([O-])[O-])[C@@H](OP(=O)([O-])[O-])[C@@H](O)[C@H](O)CO.O=c1ccn([C@@H]2O[C@H](CO)[C@@H](O)[C@H]2O)c(=O)[nH]1. The molecular formula is C15H22N2O18P2-4. The molecular weight excluding hydrogens is 558 g/mol. The number of phosphoric ester groups is 2. The van der Waals surface area contributed by atoms with Gasteiger partial charge in [0.15, 0.2) is 12.5 Å². The summed E-state index contributed by atoms with van der Waals surface area (Å²) >= 11 is 0. The van der Waals surface area contributed by atoms with Crippen molar-refractivity contribution in [3.8, 4) is 0 Å². The van der Waals surface area contributed by atoms with Gasteiger partial charge in [0.25, 0.3) is 5.56 Å². The molecule has 0 bridgehead atoms. The summed E-state index contributed by atoms with van der Waals surface area (Å²) in [6.07, 6.45) is -13.6. The molecule has 37 heavy (non-hydrogen) atoms. The van der Waals surface area contributed by atoms with E-state index in [-0.39, 0.29) is 0 Å². The molecule has 8 atom stereocenters. The highest BCUT2D eigenvalue weighted by Crippen LogP contribution is 2.35. The molecule has 20 nitrogen and oxygen atoms in total. The average Bonchev–Trinajstić information content (AvgIpc) is 3.07. The highest BCUT2D eigenvalue weighted by molar-refractivity contribution is 7.43. The van der Waals surface area contributed by atoms with Crippen LogP contribution in [0.2, 0.25) is 0 Å². The van der Waals surface area contributed by atoms with Crippen molar-refractivity contribution in [2.24, 2.45) is 0 Å². The zero-order chi connectivity index (χ0) is 28.7. The van der Waals surface area contributed by atoms with Gasteiger partial charge in [0, 0.05) is 12.3 Å². The largest absolute Gasteiger partial charge is 0.790 e. The van der Waals surface area contributed by atoms with E-state index in [4.69, 9.17) is 20.1 Å². The van der Waals surface area contributed by atoms with Gasteiger partial charge in [-0.2, -0.15) is 0 Å². The number of carbonyl (C=O) groups is 1. The molecule has 7 N–H and O–H groups in total. The molecule has 1 aromatic heterocycles. The van der Waals surface area contributed by atoms with Gasteiger partial charge in [-0.1, -0.05) is 0 Å². The second kappa shape index (κ2) is 13.9. The van der Waals surface area contributed by atoms with E-state index < -0.39 is 95.3 Å². The molecule has 2 rings (SSSR count). The third kappa shape index (κ3) is 10.2. The van der Waals surface area contributed by atoms with Gasteiger partial charge in [-0.3, -0.25) is 14.3 Å². The first-order chi connectivity index (χ1) is 16.9. The quantitative estimate of drug-likeness (QED) is 0.0943. The predicted octanol–water partition coefficient (Wildman–Crippen LogP) is -8.52. The summed E-state index contributed by atoms with van der Waals surface area (Å²) in [5.41, 5.74) is -1.33. The topological polar surface area (TPSA) is 347 Å². The standard InChI is InChI=1S/C9H12N2O6.C6H14O12P2/c12-3-4-6(14)7(15)8(17-4)11-2-1-5(13)10-9(11)16;7-1-3(9)5(10)6(18-20(14,15)16)4(2-8)17-19(11,12)13/h1-2,4,6-8,12,14-15H,3H2,(H,10,13,16);2-7,9-10H,1H2,(H2,11,12,13)(H2,14,15,16)/p-4/t4-,6-,7-,8-;3-,4+,5+,6-/m11/s1. The molecule has 0 aliphatic carbocycles. The van der Waals surface area contributed by atoms with Crippen LogP contribution in [0.1, 0.15) is 6.23 Å². The summed E-state index contributed by atoms with van der Waals surface area (Å²) in [5.74, 6) is 0. The Labute approximate surface area is 205 Å². The molecule has 0 radical (unpaired) electrons. The highest BCUT2D eigenvalue weighted by Gasteiger charge is 2.43. The summed E-state index contributed by atoms with van der Waals surface area (Å²) in [6.45, 7) is -1.63. The Bertz CT molecular complexity index is 1080. The first kappa shape index (κ1) is 33.3. The number of aldehydes is 1. The van der Waals surface area contributed by atoms with Gasteiger partial charge in [-0.05, 0) is 0 Å². The fourth-order valence-electron chi connectivity index (χ4n) is 2.84. The van der Waals surface area contributed by atoms with E-state index in [1.54, 1.807) is 0 Å². The van der Waals surface area contributed by atoms with E-state index in [1.807, 2.05) is 4.98 Å². The number of aromatic nitrogens is 2. The van der Waals surface area contributed by atoms with E-state index >= 15 is 0 Å². The Morgan fingerprint density at radius 1 is 1.08 bits per heavy atom. The first-order valence-corrected chi connectivity index (χ1v) is 12.6. The molecule has 1 aliphatic rings. The fraction of sp³-hybridized carbons (Fsp3) is 0.667. The van der Waals surface area contributed by atoms with Crippen molar-refractivity contribution in [2.75, 3.05) is 13.2 Å². The second-order valence-corrected chi connectivity index (χ2v) is 9.37. The number of carbonyl (C=O) groups excluding carboxylic acids is 1. The second-order valence-electron chi connectivity index (χ2n) is 7.16. The van der Waals surface area contributed by atoms with Crippen LogP contribution in [0.4, 0.5) is 0 Å². The summed E-state index contributed by atoms with van der Waals surface area (Å²) in [7, 11) is -11.6. The summed E-state index contributed by atoms with van der Waals surface area (Å²) in [4.78, 5) is 76.5. The number of hydrogen-bond acceptors (Lipinski definition) is 18. The lowest BCUT2D eigenvalue weighted by Gasteiger charge is -2.41. The molecule has 214 valence electrons.